The van der Waals surface area contributed by atoms with Crippen molar-refractivity contribution in [3.63, 3.8) is 0 Å². The summed E-state index contributed by atoms with van der Waals surface area (Å²) in [6.07, 6.45) is 6.71. The quantitative estimate of drug-likeness (QED) is 0.139. The van der Waals surface area contributed by atoms with Crippen molar-refractivity contribution < 1.29 is 9.59 Å². The van der Waals surface area contributed by atoms with Crippen LogP contribution >= 0.6 is 0 Å². The average Bonchev–Trinajstić information content (AvgIpc) is 3.79. The predicted molar refractivity (Wildman–Crippen MR) is 195 cm³/mol. The number of ketones is 1. The van der Waals surface area contributed by atoms with Crippen LogP contribution in [-0.2, 0) is 20.4 Å². The minimum absolute atomic E-state index is 0.136. The highest BCUT2D eigenvalue weighted by Crippen LogP contribution is 2.45. The zero-order valence-corrected chi connectivity index (χ0v) is 28.5. The molecular formula is C43H51N3O2. The lowest BCUT2D eigenvalue weighted by Crippen LogP contribution is -2.49. The number of likely N-dealkylation sites (tertiary alicyclic amines) is 2. The number of nitrogens with two attached hydrogens (primary N) is 1. The maximum Gasteiger partial charge on any atom is 0.232 e. The van der Waals surface area contributed by atoms with E-state index < -0.39 is 10.8 Å². The molecule has 2 fully saturated rings. The number of carbonyl (C=O) groups excluding carboxylic acids is 2. The number of hydrogen-bond acceptors (Lipinski definition) is 4. The molecule has 2 saturated heterocycles. The molecule has 4 aromatic carbocycles. The van der Waals surface area contributed by atoms with Gasteiger partial charge in [0.1, 0.15) is 11.2 Å². The molecule has 1 amide bonds. The third-order valence-corrected chi connectivity index (χ3v) is 11.3. The molecule has 250 valence electrons. The van der Waals surface area contributed by atoms with Crippen molar-refractivity contribution in [2.75, 3.05) is 39.3 Å². The van der Waals surface area contributed by atoms with Gasteiger partial charge in [-0.3, -0.25) is 9.59 Å². The lowest BCUT2D eigenvalue weighted by molar-refractivity contribution is -0.124. The van der Waals surface area contributed by atoms with Crippen LogP contribution in [0.4, 0.5) is 0 Å². The Bertz CT molecular complexity index is 1410. The first kappa shape index (κ1) is 33.8. The van der Waals surface area contributed by atoms with Gasteiger partial charge >= 0.3 is 0 Å². The van der Waals surface area contributed by atoms with Crippen molar-refractivity contribution in [2.24, 2.45) is 17.6 Å². The van der Waals surface area contributed by atoms with E-state index in [4.69, 9.17) is 5.73 Å². The van der Waals surface area contributed by atoms with Gasteiger partial charge in [-0.15, -0.1) is 0 Å². The lowest BCUT2D eigenvalue weighted by atomic mass is 9.63. The smallest absolute Gasteiger partial charge is 0.232 e. The van der Waals surface area contributed by atoms with Crippen molar-refractivity contribution in [1.29, 1.82) is 0 Å². The molecule has 2 heterocycles. The highest BCUT2D eigenvalue weighted by Gasteiger charge is 2.50. The van der Waals surface area contributed by atoms with Crippen LogP contribution in [0.1, 0.15) is 67.7 Å². The first-order valence-corrected chi connectivity index (χ1v) is 17.9. The summed E-state index contributed by atoms with van der Waals surface area (Å²) in [5, 5.41) is 0. The molecule has 0 spiro atoms. The zero-order chi connectivity index (χ0) is 33.4. The van der Waals surface area contributed by atoms with E-state index in [1.807, 2.05) is 48.5 Å². The molecule has 0 aliphatic carbocycles. The maximum absolute atomic E-state index is 13.6. The van der Waals surface area contributed by atoms with Gasteiger partial charge in [0.25, 0.3) is 0 Å². The number of amides is 1. The molecule has 0 aromatic heterocycles. The standard InChI is InChI=1S/C43H51N3O2/c1-34(47)42(35-18-8-4-9-19-35,36-20-10-5-11-21-36)39-26-30-45(32-39)28-16-2-3-17-29-46-31-27-40(33-46)43(41(44)48,37-22-12-6-13-23-37)38-24-14-7-15-25-38/h4-15,18-25,39-40H,2-3,16-17,26-33H2,1H3,(H2,44,48). The molecule has 5 heteroatoms. The number of benzene rings is 4. The van der Waals surface area contributed by atoms with Crippen LogP contribution in [0.25, 0.3) is 0 Å². The summed E-state index contributed by atoms with van der Waals surface area (Å²) in [6.45, 7) is 7.77. The summed E-state index contributed by atoms with van der Waals surface area (Å²) in [4.78, 5) is 32.1. The molecule has 0 radical (unpaired) electrons. The van der Waals surface area contributed by atoms with E-state index in [0.29, 0.717) is 0 Å². The van der Waals surface area contributed by atoms with Crippen LogP contribution < -0.4 is 5.73 Å². The van der Waals surface area contributed by atoms with E-state index in [9.17, 15) is 9.59 Å². The van der Waals surface area contributed by atoms with Gasteiger partial charge in [-0.25, -0.2) is 0 Å². The van der Waals surface area contributed by atoms with Gasteiger partial charge in [0.05, 0.1) is 5.41 Å². The second-order valence-electron chi connectivity index (χ2n) is 14.0. The molecule has 5 nitrogen and oxygen atoms in total. The Morgan fingerprint density at radius 1 is 0.562 bits per heavy atom. The Labute approximate surface area is 287 Å². The molecule has 0 bridgehead atoms. The normalized spacial score (nSPS) is 19.0. The number of primary amides is 1. The van der Waals surface area contributed by atoms with Crippen LogP contribution in [0.3, 0.4) is 0 Å². The van der Waals surface area contributed by atoms with Crippen molar-refractivity contribution >= 4 is 11.7 Å². The monoisotopic (exact) mass is 641 g/mol. The third-order valence-electron chi connectivity index (χ3n) is 11.3. The van der Waals surface area contributed by atoms with E-state index in [-0.39, 0.29) is 23.5 Å². The molecule has 2 aliphatic rings. The van der Waals surface area contributed by atoms with E-state index in [1.165, 1.54) is 19.3 Å². The lowest BCUT2D eigenvalue weighted by Gasteiger charge is -2.38. The highest BCUT2D eigenvalue weighted by molar-refractivity contribution is 5.93. The number of carbonyl (C=O) groups is 2. The van der Waals surface area contributed by atoms with Gasteiger partial charge in [-0.05, 0) is 92.9 Å². The Hall–Kier alpha value is -4.06. The van der Waals surface area contributed by atoms with E-state index >= 15 is 0 Å². The van der Waals surface area contributed by atoms with Crippen LogP contribution in [-0.4, -0.2) is 60.8 Å². The second-order valence-corrected chi connectivity index (χ2v) is 14.0. The zero-order valence-electron chi connectivity index (χ0n) is 28.5. The number of nitrogens with zero attached hydrogens (tertiary/aromatic N) is 2. The van der Waals surface area contributed by atoms with Gasteiger partial charge in [0, 0.05) is 13.1 Å². The van der Waals surface area contributed by atoms with Crippen LogP contribution in [0, 0.1) is 11.8 Å². The molecule has 2 aliphatic heterocycles. The van der Waals surface area contributed by atoms with Gasteiger partial charge in [0.2, 0.25) is 5.91 Å². The van der Waals surface area contributed by atoms with E-state index in [2.05, 4.69) is 82.6 Å². The number of hydrogen-bond donors (Lipinski definition) is 1. The van der Waals surface area contributed by atoms with Gasteiger partial charge < -0.3 is 15.5 Å². The van der Waals surface area contributed by atoms with Crippen LogP contribution in [0.5, 0.6) is 0 Å². The first-order valence-electron chi connectivity index (χ1n) is 17.9. The minimum atomic E-state index is -0.828. The van der Waals surface area contributed by atoms with Gasteiger partial charge in [-0.2, -0.15) is 0 Å². The van der Waals surface area contributed by atoms with E-state index in [1.54, 1.807) is 6.92 Å². The summed E-state index contributed by atoms with van der Waals surface area (Å²) in [5.41, 5.74) is 9.06. The van der Waals surface area contributed by atoms with Gasteiger partial charge in [0.15, 0.2) is 0 Å². The number of Topliss-reactive ketones (excluding diaryl/α,β-unsaturated/α-hetero) is 1. The number of unbranched alkanes of at least 4 members (excludes halogenated alkanes) is 3. The van der Waals surface area contributed by atoms with Crippen LogP contribution in [0.15, 0.2) is 121 Å². The Balaban J connectivity index is 1.01. The molecule has 4 aromatic rings. The molecule has 2 unspecified atom stereocenters. The molecular weight excluding hydrogens is 590 g/mol. The van der Waals surface area contributed by atoms with Crippen molar-refractivity contribution in [2.45, 2.75) is 56.3 Å². The predicted octanol–water partition coefficient (Wildman–Crippen LogP) is 7.24. The summed E-state index contributed by atoms with van der Waals surface area (Å²) >= 11 is 0. The second kappa shape index (κ2) is 15.4. The van der Waals surface area contributed by atoms with Crippen molar-refractivity contribution in [3.05, 3.63) is 144 Å². The Morgan fingerprint density at radius 3 is 1.23 bits per heavy atom. The molecule has 48 heavy (non-hydrogen) atoms. The van der Waals surface area contributed by atoms with Crippen molar-refractivity contribution in [1.82, 2.24) is 9.80 Å². The fourth-order valence-corrected chi connectivity index (χ4v) is 9.06. The highest BCUT2D eigenvalue weighted by atomic mass is 16.1. The fourth-order valence-electron chi connectivity index (χ4n) is 9.06. The van der Waals surface area contributed by atoms with E-state index in [0.717, 1.165) is 80.8 Å². The Kier molecular flexibility index (Phi) is 10.9. The van der Waals surface area contributed by atoms with Gasteiger partial charge in [-0.1, -0.05) is 134 Å². The third kappa shape index (κ3) is 6.63. The average molecular weight is 642 g/mol. The SMILES string of the molecule is CC(=O)C(c1ccccc1)(c1ccccc1)C1CCN(CCCCCCN2CCC(C(C(N)=O)(c3ccccc3)c3ccccc3)C2)C1. The summed E-state index contributed by atoms with van der Waals surface area (Å²) in [5.74, 6) is 0.361. The number of rotatable bonds is 15. The molecule has 6 rings (SSSR count). The molecule has 0 saturated carbocycles. The maximum atomic E-state index is 13.6. The largest absolute Gasteiger partial charge is 0.369 e. The molecule has 2 N–H and O–H groups in total. The Morgan fingerprint density at radius 2 is 0.896 bits per heavy atom. The minimum Gasteiger partial charge on any atom is -0.369 e. The topological polar surface area (TPSA) is 66.6 Å². The molecule has 2 atom stereocenters. The summed E-state index contributed by atoms with van der Waals surface area (Å²) in [6, 6.07) is 41.1. The van der Waals surface area contributed by atoms with Crippen LogP contribution in [0.2, 0.25) is 0 Å². The summed E-state index contributed by atoms with van der Waals surface area (Å²) < 4.78 is 0. The van der Waals surface area contributed by atoms with Crippen molar-refractivity contribution in [3.8, 4) is 0 Å². The first-order chi connectivity index (χ1) is 23.5. The summed E-state index contributed by atoms with van der Waals surface area (Å²) in [7, 11) is 0. The fraction of sp³-hybridized carbons (Fsp3) is 0.395.